The lowest BCUT2D eigenvalue weighted by atomic mass is 9.78. The van der Waals surface area contributed by atoms with Gasteiger partial charge in [0.2, 0.25) is 0 Å². The van der Waals surface area contributed by atoms with Crippen molar-refractivity contribution in [2.75, 3.05) is 20.1 Å². The molecule has 3 atom stereocenters. The zero-order chi connectivity index (χ0) is 9.30. The molecule has 1 saturated heterocycles. The summed E-state index contributed by atoms with van der Waals surface area (Å²) < 4.78 is 13.6. The molecular formula is C10H20FN. The van der Waals surface area contributed by atoms with Crippen molar-refractivity contribution in [1.82, 2.24) is 4.90 Å². The highest BCUT2D eigenvalue weighted by Crippen LogP contribution is 2.31. The third-order valence-electron chi connectivity index (χ3n) is 2.93. The number of hydrogen-bond donors (Lipinski definition) is 0. The summed E-state index contributed by atoms with van der Waals surface area (Å²) >= 11 is 0. The molecule has 2 heteroatoms. The zero-order valence-corrected chi connectivity index (χ0v) is 8.55. The van der Waals surface area contributed by atoms with Gasteiger partial charge in [-0.25, -0.2) is 4.39 Å². The van der Waals surface area contributed by atoms with Gasteiger partial charge in [-0.15, -0.1) is 0 Å². The standard InChI is InChI=1S/C10H20FN/c1-7(2)10-8(3)5-12(4)6-9(10)11/h7-10H,5-6H2,1-4H3. The fourth-order valence-corrected chi connectivity index (χ4v) is 2.54. The van der Waals surface area contributed by atoms with E-state index in [2.05, 4.69) is 25.7 Å². The highest BCUT2D eigenvalue weighted by Gasteiger charge is 2.34. The second-order valence-corrected chi connectivity index (χ2v) is 4.54. The van der Waals surface area contributed by atoms with Crippen LogP contribution in [0.25, 0.3) is 0 Å². The fraction of sp³-hybridized carbons (Fsp3) is 1.00. The van der Waals surface area contributed by atoms with Crippen molar-refractivity contribution in [2.45, 2.75) is 26.9 Å². The van der Waals surface area contributed by atoms with E-state index in [9.17, 15) is 4.39 Å². The molecule has 0 radical (unpaired) electrons. The van der Waals surface area contributed by atoms with Gasteiger partial charge in [0.15, 0.2) is 0 Å². The van der Waals surface area contributed by atoms with E-state index < -0.39 is 6.17 Å². The molecule has 1 rings (SSSR count). The molecule has 1 fully saturated rings. The minimum Gasteiger partial charge on any atom is -0.303 e. The van der Waals surface area contributed by atoms with Gasteiger partial charge in [0.25, 0.3) is 0 Å². The highest BCUT2D eigenvalue weighted by atomic mass is 19.1. The lowest BCUT2D eigenvalue weighted by molar-refractivity contribution is 0.0322. The van der Waals surface area contributed by atoms with E-state index in [1.165, 1.54) is 0 Å². The van der Waals surface area contributed by atoms with Gasteiger partial charge in [-0.3, -0.25) is 0 Å². The van der Waals surface area contributed by atoms with Crippen molar-refractivity contribution in [3.05, 3.63) is 0 Å². The van der Waals surface area contributed by atoms with Crippen molar-refractivity contribution >= 4 is 0 Å². The van der Waals surface area contributed by atoms with Gasteiger partial charge in [0, 0.05) is 13.1 Å². The minimum atomic E-state index is -0.626. The van der Waals surface area contributed by atoms with Crippen molar-refractivity contribution < 1.29 is 4.39 Å². The molecule has 0 bridgehead atoms. The molecule has 3 unspecified atom stereocenters. The Hall–Kier alpha value is -0.110. The van der Waals surface area contributed by atoms with Gasteiger partial charge in [-0.05, 0) is 24.8 Å². The number of likely N-dealkylation sites (tertiary alicyclic amines) is 1. The molecule has 1 heterocycles. The largest absolute Gasteiger partial charge is 0.303 e. The van der Waals surface area contributed by atoms with Crippen LogP contribution in [0.5, 0.6) is 0 Å². The lowest BCUT2D eigenvalue weighted by Crippen LogP contribution is -2.46. The SMILES string of the molecule is CC(C)C1C(C)CN(C)CC1F. The molecule has 12 heavy (non-hydrogen) atoms. The van der Waals surface area contributed by atoms with Gasteiger partial charge in [0.05, 0.1) is 0 Å². The summed E-state index contributed by atoms with van der Waals surface area (Å²) in [5, 5.41) is 0. The minimum absolute atomic E-state index is 0.265. The van der Waals surface area contributed by atoms with Crippen molar-refractivity contribution in [2.24, 2.45) is 17.8 Å². The maximum absolute atomic E-state index is 13.6. The summed E-state index contributed by atoms with van der Waals surface area (Å²) in [7, 11) is 2.00. The molecule has 0 N–H and O–H groups in total. The molecule has 1 aliphatic heterocycles. The number of rotatable bonds is 1. The van der Waals surface area contributed by atoms with Crippen LogP contribution in [0.2, 0.25) is 0 Å². The van der Waals surface area contributed by atoms with Crippen molar-refractivity contribution in [3.63, 3.8) is 0 Å². The Bertz CT molecular complexity index is 135. The summed E-state index contributed by atoms with van der Waals surface area (Å²) in [5.74, 6) is 1.24. The van der Waals surface area contributed by atoms with Crippen LogP contribution in [-0.2, 0) is 0 Å². The average molecular weight is 173 g/mol. The summed E-state index contributed by atoms with van der Waals surface area (Å²) in [4.78, 5) is 2.09. The van der Waals surface area contributed by atoms with Crippen LogP contribution in [0, 0.1) is 17.8 Å². The molecule has 72 valence electrons. The average Bonchev–Trinajstić information content (AvgIpc) is 1.82. The molecule has 0 amide bonds. The molecule has 1 aliphatic rings. The van der Waals surface area contributed by atoms with Gasteiger partial charge in [0.1, 0.15) is 6.17 Å². The normalized spacial score (nSPS) is 39.0. The smallest absolute Gasteiger partial charge is 0.116 e. The Kier molecular flexibility index (Phi) is 3.10. The van der Waals surface area contributed by atoms with E-state index in [1.54, 1.807) is 0 Å². The molecule has 0 saturated carbocycles. The summed E-state index contributed by atoms with van der Waals surface area (Å²) in [5.41, 5.74) is 0. The van der Waals surface area contributed by atoms with Gasteiger partial charge < -0.3 is 4.90 Å². The van der Waals surface area contributed by atoms with E-state index >= 15 is 0 Å². The zero-order valence-electron chi connectivity index (χ0n) is 8.55. The van der Waals surface area contributed by atoms with E-state index in [0.717, 1.165) is 6.54 Å². The maximum atomic E-state index is 13.6. The van der Waals surface area contributed by atoms with Crippen LogP contribution in [0.1, 0.15) is 20.8 Å². The van der Waals surface area contributed by atoms with E-state index in [1.807, 2.05) is 7.05 Å². The molecule has 0 spiro atoms. The van der Waals surface area contributed by atoms with Crippen LogP contribution in [0.15, 0.2) is 0 Å². The predicted molar refractivity (Wildman–Crippen MR) is 49.9 cm³/mol. The quantitative estimate of drug-likeness (QED) is 0.587. The highest BCUT2D eigenvalue weighted by molar-refractivity contribution is 4.85. The molecular weight excluding hydrogens is 153 g/mol. The van der Waals surface area contributed by atoms with Gasteiger partial charge >= 0.3 is 0 Å². The predicted octanol–water partition coefficient (Wildman–Crippen LogP) is 2.18. The second kappa shape index (κ2) is 3.73. The lowest BCUT2D eigenvalue weighted by Gasteiger charge is -2.39. The number of piperidine rings is 1. The van der Waals surface area contributed by atoms with Gasteiger partial charge in [-0.2, -0.15) is 0 Å². The van der Waals surface area contributed by atoms with E-state index in [4.69, 9.17) is 0 Å². The molecule has 0 aromatic carbocycles. The summed E-state index contributed by atoms with van der Waals surface area (Å²) in [6, 6.07) is 0. The fourth-order valence-electron chi connectivity index (χ4n) is 2.54. The van der Waals surface area contributed by atoms with Crippen molar-refractivity contribution in [1.29, 1.82) is 0 Å². The molecule has 0 aromatic heterocycles. The number of hydrogen-bond acceptors (Lipinski definition) is 1. The molecule has 0 aliphatic carbocycles. The second-order valence-electron chi connectivity index (χ2n) is 4.54. The molecule has 1 nitrogen and oxygen atoms in total. The van der Waals surface area contributed by atoms with E-state index in [0.29, 0.717) is 18.4 Å². The third-order valence-corrected chi connectivity index (χ3v) is 2.93. The monoisotopic (exact) mass is 173 g/mol. The van der Waals surface area contributed by atoms with Gasteiger partial charge in [-0.1, -0.05) is 20.8 Å². The Balaban J connectivity index is 2.60. The Morgan fingerprint density at radius 2 is 1.92 bits per heavy atom. The topological polar surface area (TPSA) is 3.24 Å². The van der Waals surface area contributed by atoms with Crippen LogP contribution in [0.4, 0.5) is 4.39 Å². The maximum Gasteiger partial charge on any atom is 0.116 e. The third kappa shape index (κ3) is 1.98. The van der Waals surface area contributed by atoms with Crippen LogP contribution in [-0.4, -0.2) is 31.2 Å². The first-order chi connectivity index (χ1) is 5.52. The Morgan fingerprint density at radius 1 is 1.33 bits per heavy atom. The van der Waals surface area contributed by atoms with Crippen molar-refractivity contribution in [3.8, 4) is 0 Å². The number of alkyl halides is 1. The first-order valence-corrected chi connectivity index (χ1v) is 4.85. The Labute approximate surface area is 74.9 Å². The number of nitrogens with zero attached hydrogens (tertiary/aromatic N) is 1. The van der Waals surface area contributed by atoms with Crippen LogP contribution in [0.3, 0.4) is 0 Å². The first-order valence-electron chi connectivity index (χ1n) is 4.85. The van der Waals surface area contributed by atoms with Crippen LogP contribution >= 0.6 is 0 Å². The first kappa shape index (κ1) is 9.97. The Morgan fingerprint density at radius 3 is 2.33 bits per heavy atom. The van der Waals surface area contributed by atoms with Crippen LogP contribution < -0.4 is 0 Å². The summed E-state index contributed by atoms with van der Waals surface area (Å²) in [6.07, 6.45) is -0.626. The van der Waals surface area contributed by atoms with E-state index in [-0.39, 0.29) is 5.92 Å². The number of halogens is 1. The molecule has 0 aromatic rings. The summed E-state index contributed by atoms with van der Waals surface area (Å²) in [6.45, 7) is 8.07.